The first kappa shape index (κ1) is 25.4. The molecule has 3 fully saturated rings. The lowest BCUT2D eigenvalue weighted by Gasteiger charge is -2.58. The van der Waals surface area contributed by atoms with Crippen LogP contribution in [0.15, 0.2) is 35.9 Å². The molecule has 8 unspecified atom stereocenters. The van der Waals surface area contributed by atoms with Crippen molar-refractivity contribution < 1.29 is 4.74 Å². The van der Waals surface area contributed by atoms with Gasteiger partial charge in [-0.05, 0) is 110 Å². The number of hydrogen-bond acceptors (Lipinski definition) is 1. The molecule has 0 aromatic heterocycles. The molecule has 0 aliphatic heterocycles. The number of aryl methyl sites for hydroxylation is 1. The summed E-state index contributed by atoms with van der Waals surface area (Å²) in [4.78, 5) is 0. The van der Waals surface area contributed by atoms with Crippen molar-refractivity contribution in [1.29, 1.82) is 0 Å². The number of hydrogen-bond donors (Lipinski definition) is 0. The summed E-state index contributed by atoms with van der Waals surface area (Å²) in [6.45, 7) is 14.9. The van der Waals surface area contributed by atoms with Gasteiger partial charge in [0, 0.05) is 6.42 Å². The van der Waals surface area contributed by atoms with E-state index in [1.54, 1.807) is 5.57 Å². The van der Waals surface area contributed by atoms with E-state index in [0.29, 0.717) is 16.9 Å². The van der Waals surface area contributed by atoms with Crippen molar-refractivity contribution >= 4 is 0 Å². The van der Waals surface area contributed by atoms with Crippen molar-refractivity contribution in [1.82, 2.24) is 0 Å². The number of benzene rings is 1. The SMILES string of the molecule is Cc1ccc(OC2CCC3(C)C(=CCC4C3CCC3(C)C(C(C)CCCC(C)C)CCC43)C2)cc1. The van der Waals surface area contributed by atoms with Crippen LogP contribution in [0.4, 0.5) is 0 Å². The van der Waals surface area contributed by atoms with Gasteiger partial charge in [-0.15, -0.1) is 0 Å². The summed E-state index contributed by atoms with van der Waals surface area (Å²) in [5.74, 6) is 6.53. The molecule has 1 heteroatoms. The standard InChI is InChI=1S/C34H52O/c1-23(2)8-7-9-25(4)30-16-17-31-29-15-12-26-22-28(35-27-13-10-24(3)11-14-27)18-20-33(26,5)32(29)19-21-34(30,31)6/h10-14,23,25,28-32H,7-9,15-22H2,1-6H3. The summed E-state index contributed by atoms with van der Waals surface area (Å²) in [5.41, 5.74) is 4.05. The Morgan fingerprint density at radius 2 is 1.69 bits per heavy atom. The molecule has 1 aromatic rings. The molecule has 4 aliphatic rings. The highest BCUT2D eigenvalue weighted by Gasteiger charge is 2.59. The van der Waals surface area contributed by atoms with Crippen molar-refractivity contribution in [2.24, 2.45) is 46.3 Å². The van der Waals surface area contributed by atoms with Crippen molar-refractivity contribution in [2.45, 2.75) is 118 Å². The van der Waals surface area contributed by atoms with Gasteiger partial charge in [0.2, 0.25) is 0 Å². The minimum Gasteiger partial charge on any atom is -0.490 e. The molecule has 1 nitrogen and oxygen atoms in total. The lowest BCUT2D eigenvalue weighted by molar-refractivity contribution is -0.0559. The fourth-order valence-electron chi connectivity index (χ4n) is 9.56. The molecular weight excluding hydrogens is 424 g/mol. The van der Waals surface area contributed by atoms with Crippen molar-refractivity contribution in [3.63, 3.8) is 0 Å². The average molecular weight is 477 g/mol. The van der Waals surface area contributed by atoms with Gasteiger partial charge in [-0.2, -0.15) is 0 Å². The summed E-state index contributed by atoms with van der Waals surface area (Å²) in [6, 6.07) is 8.64. The zero-order valence-electron chi connectivity index (χ0n) is 23.6. The quantitative estimate of drug-likeness (QED) is 0.356. The molecule has 35 heavy (non-hydrogen) atoms. The smallest absolute Gasteiger partial charge is 0.119 e. The second-order valence-electron chi connectivity index (χ2n) is 14.1. The monoisotopic (exact) mass is 476 g/mol. The van der Waals surface area contributed by atoms with Gasteiger partial charge in [-0.3, -0.25) is 0 Å². The van der Waals surface area contributed by atoms with Gasteiger partial charge in [-0.25, -0.2) is 0 Å². The lowest BCUT2D eigenvalue weighted by Crippen LogP contribution is -2.51. The average Bonchev–Trinajstić information content (AvgIpc) is 3.18. The molecule has 194 valence electrons. The van der Waals surface area contributed by atoms with Gasteiger partial charge in [0.1, 0.15) is 11.9 Å². The molecule has 0 amide bonds. The van der Waals surface area contributed by atoms with E-state index in [-0.39, 0.29) is 0 Å². The van der Waals surface area contributed by atoms with Gasteiger partial charge in [0.15, 0.2) is 0 Å². The van der Waals surface area contributed by atoms with E-state index >= 15 is 0 Å². The summed E-state index contributed by atoms with van der Waals surface area (Å²) in [6.07, 6.45) is 18.3. The third-order valence-corrected chi connectivity index (χ3v) is 11.6. The van der Waals surface area contributed by atoms with E-state index in [9.17, 15) is 0 Å². The Kier molecular flexibility index (Phi) is 7.19. The molecule has 4 aliphatic carbocycles. The van der Waals surface area contributed by atoms with Crippen LogP contribution in [0.2, 0.25) is 0 Å². The fourth-order valence-corrected chi connectivity index (χ4v) is 9.56. The van der Waals surface area contributed by atoms with E-state index in [1.807, 2.05) is 0 Å². The molecule has 3 saturated carbocycles. The zero-order valence-corrected chi connectivity index (χ0v) is 23.6. The minimum atomic E-state index is 0.352. The van der Waals surface area contributed by atoms with Crippen LogP contribution in [0.25, 0.3) is 0 Å². The van der Waals surface area contributed by atoms with Crippen LogP contribution in [0.5, 0.6) is 5.75 Å². The van der Waals surface area contributed by atoms with Crippen LogP contribution in [0.1, 0.15) is 111 Å². The summed E-state index contributed by atoms with van der Waals surface area (Å²) in [5, 5.41) is 0. The van der Waals surface area contributed by atoms with Gasteiger partial charge < -0.3 is 4.74 Å². The first-order valence-electron chi connectivity index (χ1n) is 15.1. The van der Waals surface area contributed by atoms with Crippen LogP contribution in [-0.4, -0.2) is 6.10 Å². The Balaban J connectivity index is 1.26. The number of allylic oxidation sites excluding steroid dienone is 1. The van der Waals surface area contributed by atoms with E-state index in [4.69, 9.17) is 4.74 Å². The van der Waals surface area contributed by atoms with Crippen LogP contribution in [0, 0.1) is 53.3 Å². The first-order chi connectivity index (χ1) is 16.7. The van der Waals surface area contributed by atoms with Crippen molar-refractivity contribution in [3.8, 4) is 5.75 Å². The van der Waals surface area contributed by atoms with Gasteiger partial charge in [-0.1, -0.05) is 83.2 Å². The summed E-state index contributed by atoms with van der Waals surface area (Å²) >= 11 is 0. The zero-order chi connectivity index (χ0) is 24.8. The number of rotatable bonds is 7. The van der Waals surface area contributed by atoms with Crippen LogP contribution < -0.4 is 4.74 Å². The van der Waals surface area contributed by atoms with E-state index in [0.717, 1.165) is 47.7 Å². The highest BCUT2D eigenvalue weighted by Crippen LogP contribution is 2.67. The third kappa shape index (κ3) is 4.75. The van der Waals surface area contributed by atoms with Crippen LogP contribution in [-0.2, 0) is 0 Å². The first-order valence-corrected chi connectivity index (χ1v) is 15.1. The summed E-state index contributed by atoms with van der Waals surface area (Å²) in [7, 11) is 0. The van der Waals surface area contributed by atoms with Crippen LogP contribution in [0.3, 0.4) is 0 Å². The van der Waals surface area contributed by atoms with Gasteiger partial charge in [0.25, 0.3) is 0 Å². The van der Waals surface area contributed by atoms with E-state index in [1.165, 1.54) is 69.8 Å². The topological polar surface area (TPSA) is 9.23 Å². The Morgan fingerprint density at radius 3 is 2.43 bits per heavy atom. The normalized spacial score (nSPS) is 39.4. The van der Waals surface area contributed by atoms with E-state index in [2.05, 4.69) is 71.9 Å². The van der Waals surface area contributed by atoms with Crippen LogP contribution >= 0.6 is 0 Å². The molecule has 1 aromatic carbocycles. The van der Waals surface area contributed by atoms with Gasteiger partial charge in [0.05, 0.1) is 0 Å². The number of fused-ring (bicyclic) bond motifs is 5. The molecule has 0 spiro atoms. The maximum absolute atomic E-state index is 6.47. The van der Waals surface area contributed by atoms with Crippen molar-refractivity contribution in [2.75, 3.05) is 0 Å². The Morgan fingerprint density at radius 1 is 0.914 bits per heavy atom. The minimum absolute atomic E-state index is 0.352. The molecule has 8 atom stereocenters. The third-order valence-electron chi connectivity index (χ3n) is 11.6. The van der Waals surface area contributed by atoms with Gasteiger partial charge >= 0.3 is 0 Å². The summed E-state index contributed by atoms with van der Waals surface area (Å²) < 4.78 is 6.47. The Labute approximate surface area is 216 Å². The largest absolute Gasteiger partial charge is 0.490 e. The maximum Gasteiger partial charge on any atom is 0.119 e. The maximum atomic E-state index is 6.47. The highest BCUT2D eigenvalue weighted by molar-refractivity contribution is 5.29. The fraction of sp³-hybridized carbons (Fsp3) is 0.765. The molecule has 0 bridgehead atoms. The second kappa shape index (κ2) is 9.90. The second-order valence-corrected chi connectivity index (χ2v) is 14.1. The molecule has 5 rings (SSSR count). The molecular formula is C34H52O. The molecule has 0 N–H and O–H groups in total. The Bertz CT molecular complexity index is 896. The highest BCUT2D eigenvalue weighted by atomic mass is 16.5. The molecule has 0 radical (unpaired) electrons. The number of ether oxygens (including phenoxy) is 1. The van der Waals surface area contributed by atoms with E-state index < -0.39 is 0 Å². The Hall–Kier alpha value is -1.24. The molecule has 0 saturated heterocycles. The molecule has 0 heterocycles. The lowest BCUT2D eigenvalue weighted by atomic mass is 9.47. The predicted octanol–water partition coefficient (Wildman–Crippen LogP) is 9.78. The van der Waals surface area contributed by atoms with Crippen molar-refractivity contribution in [3.05, 3.63) is 41.5 Å². The predicted molar refractivity (Wildman–Crippen MR) is 149 cm³/mol.